The summed E-state index contributed by atoms with van der Waals surface area (Å²) in [4.78, 5) is 50.6. The largest absolute Gasteiger partial charge is 0.775 e. The molecule has 2 aromatic carbocycles. The minimum Gasteiger partial charge on any atom is -0.775 e. The van der Waals surface area contributed by atoms with E-state index in [4.69, 9.17) is 9.79 Å². The van der Waals surface area contributed by atoms with Crippen molar-refractivity contribution < 1.29 is 38.7 Å². The molecule has 0 amide bonds. The number of aromatic amines is 2. The van der Waals surface area contributed by atoms with Crippen LogP contribution in [-0.4, -0.2) is 38.0 Å². The molecule has 10 nitrogen and oxygen atoms in total. The third kappa shape index (κ3) is 8.53. The quantitative estimate of drug-likeness (QED) is 0.356. The normalized spacial score (nSPS) is 13.7. The molecule has 0 aliphatic heterocycles. The average molecular weight is 532 g/mol. The van der Waals surface area contributed by atoms with Gasteiger partial charge in [0.05, 0.1) is 0 Å². The number of aromatic nitrogens is 2. The number of benzene rings is 2. The number of fused-ring (bicyclic) bond motifs is 1. The summed E-state index contributed by atoms with van der Waals surface area (Å²) in [5.41, 5.74) is 2.43. The van der Waals surface area contributed by atoms with Crippen molar-refractivity contribution in [3.05, 3.63) is 85.5 Å². The molecular weight excluding hydrogens is 502 g/mol. The van der Waals surface area contributed by atoms with Crippen LogP contribution >= 0.6 is 15.2 Å². The molecule has 4 N–H and O–H groups in total. The van der Waals surface area contributed by atoms with E-state index in [0.717, 1.165) is 12.1 Å². The zero-order valence-electron chi connectivity index (χ0n) is 20.4. The topological polar surface area (TPSA) is 155 Å². The van der Waals surface area contributed by atoms with Crippen LogP contribution in [0.1, 0.15) is 0 Å². The fourth-order valence-electron chi connectivity index (χ4n) is 3.12. The van der Waals surface area contributed by atoms with E-state index in [1.807, 2.05) is 77.2 Å². The smallest absolute Gasteiger partial charge is 0.169 e. The van der Waals surface area contributed by atoms with Gasteiger partial charge in [0, 0.05) is 74.4 Å². The minimum atomic E-state index is -4.76. The Balaban J connectivity index is 0.000000212. The lowest BCUT2D eigenvalue weighted by Gasteiger charge is -2.22. The molecule has 2 unspecified atom stereocenters. The van der Waals surface area contributed by atoms with E-state index < -0.39 is 15.2 Å². The van der Waals surface area contributed by atoms with Gasteiger partial charge in [-0.1, -0.05) is 24.3 Å². The van der Waals surface area contributed by atoms with Gasteiger partial charge in [0.1, 0.15) is 0 Å². The van der Waals surface area contributed by atoms with Gasteiger partial charge in [0.25, 0.3) is 0 Å². The zero-order valence-corrected chi connectivity index (χ0v) is 22.2. The van der Waals surface area contributed by atoms with Gasteiger partial charge >= 0.3 is 0 Å². The number of H-pyrrole nitrogens is 2. The van der Waals surface area contributed by atoms with Gasteiger partial charge in [-0.3, -0.25) is 0 Å². The molecule has 2 heterocycles. The summed E-state index contributed by atoms with van der Waals surface area (Å²) in [6.45, 7) is 0. The Morgan fingerprint density at radius 2 is 0.917 bits per heavy atom. The SMILES string of the molecule is CN(C)c1cc[nH+]cc1.CN(C)c1cc[nH+]cc1.O=P([O-])(O)c1cccc2c(P(=O)([O-])O)cccc12. The van der Waals surface area contributed by atoms with Gasteiger partial charge in [-0.25, -0.2) is 9.97 Å². The van der Waals surface area contributed by atoms with Crippen LogP contribution in [0.3, 0.4) is 0 Å². The van der Waals surface area contributed by atoms with Gasteiger partial charge in [0.2, 0.25) is 0 Å². The molecule has 2 atom stereocenters. The molecule has 0 radical (unpaired) electrons. The molecule has 0 saturated carbocycles. The summed E-state index contributed by atoms with van der Waals surface area (Å²) in [6.07, 6.45) is 7.65. The molecule has 0 saturated heterocycles. The second kappa shape index (κ2) is 12.7. The van der Waals surface area contributed by atoms with E-state index in [9.17, 15) is 18.9 Å². The van der Waals surface area contributed by atoms with Crippen LogP contribution in [0, 0.1) is 0 Å². The number of hydrogen-bond acceptors (Lipinski definition) is 6. The highest BCUT2D eigenvalue weighted by Crippen LogP contribution is 2.35. The van der Waals surface area contributed by atoms with Crippen LogP contribution in [0.25, 0.3) is 10.8 Å². The monoisotopic (exact) mass is 532 g/mol. The zero-order chi connectivity index (χ0) is 26.9. The summed E-state index contributed by atoms with van der Waals surface area (Å²) in [7, 11) is -1.43. The molecule has 0 aliphatic rings. The van der Waals surface area contributed by atoms with Gasteiger partial charge in [0.15, 0.2) is 40.0 Å². The number of rotatable bonds is 4. The van der Waals surface area contributed by atoms with Crippen LogP contribution in [0.4, 0.5) is 11.4 Å². The second-order valence-corrected chi connectivity index (χ2v) is 11.0. The molecule has 192 valence electrons. The first kappa shape index (κ1) is 29.1. The lowest BCUT2D eigenvalue weighted by molar-refractivity contribution is -0.378. The maximum absolute atomic E-state index is 11.2. The van der Waals surface area contributed by atoms with Crippen molar-refractivity contribution in [2.24, 2.45) is 0 Å². The van der Waals surface area contributed by atoms with E-state index in [2.05, 4.69) is 19.8 Å². The molecule has 36 heavy (non-hydrogen) atoms. The molecule has 0 fully saturated rings. The van der Waals surface area contributed by atoms with Gasteiger partial charge in [-0.15, -0.1) is 0 Å². The molecule has 0 spiro atoms. The standard InChI is InChI=1S/C10H10O6P2.2C7H10N2/c11-17(12,13)9-5-1-3-7-8(9)4-2-6-10(7)18(14,15)16;2*1-9(2)7-3-5-8-6-4-7/h1-6H,(H2,11,12,13)(H2,14,15,16);2*3-6H,1-2H3. The summed E-state index contributed by atoms with van der Waals surface area (Å²) >= 11 is 0. The fraction of sp³-hybridized carbons (Fsp3) is 0.167. The first-order chi connectivity index (χ1) is 16.8. The predicted octanol–water partition coefficient (Wildman–Crippen LogP) is 0.315. The van der Waals surface area contributed by atoms with Crippen molar-refractivity contribution in [3.63, 3.8) is 0 Å². The third-order valence-electron chi connectivity index (χ3n) is 4.92. The van der Waals surface area contributed by atoms with Gasteiger partial charge < -0.3 is 38.5 Å². The molecular formula is C24H30N4O6P2. The summed E-state index contributed by atoms with van der Waals surface area (Å²) < 4.78 is 22.4. The maximum Gasteiger partial charge on any atom is 0.169 e. The van der Waals surface area contributed by atoms with Crippen LogP contribution in [0.2, 0.25) is 0 Å². The number of hydrogen-bond donors (Lipinski definition) is 2. The van der Waals surface area contributed by atoms with E-state index in [1.165, 1.54) is 35.6 Å². The lowest BCUT2D eigenvalue weighted by atomic mass is 10.1. The van der Waals surface area contributed by atoms with Crippen molar-refractivity contribution in [2.75, 3.05) is 38.0 Å². The Hall–Kier alpha value is -3.10. The Bertz CT molecular complexity index is 1240. The summed E-state index contributed by atoms with van der Waals surface area (Å²) in [6, 6.07) is 15.7. The Morgan fingerprint density at radius 3 is 1.14 bits per heavy atom. The Labute approximate surface area is 210 Å². The molecule has 0 bridgehead atoms. The highest BCUT2D eigenvalue weighted by Gasteiger charge is 2.16. The Kier molecular flexibility index (Phi) is 10.3. The molecule has 0 aliphatic carbocycles. The van der Waals surface area contributed by atoms with E-state index in [1.54, 1.807) is 0 Å². The van der Waals surface area contributed by atoms with Crippen LogP contribution < -0.4 is 40.2 Å². The summed E-state index contributed by atoms with van der Waals surface area (Å²) in [5, 5.41) is -0.674. The molecule has 12 heteroatoms. The highest BCUT2D eigenvalue weighted by atomic mass is 31.2. The minimum absolute atomic E-state index is 0.0426. The second-order valence-electron chi connectivity index (χ2n) is 8.00. The first-order valence-electron chi connectivity index (χ1n) is 10.7. The first-order valence-corrected chi connectivity index (χ1v) is 13.8. The third-order valence-corrected chi connectivity index (χ3v) is 6.92. The van der Waals surface area contributed by atoms with E-state index in [-0.39, 0.29) is 21.4 Å². The van der Waals surface area contributed by atoms with Crippen molar-refractivity contribution in [3.8, 4) is 0 Å². The average Bonchev–Trinajstić information content (AvgIpc) is 2.84. The van der Waals surface area contributed by atoms with Crippen molar-refractivity contribution in [1.29, 1.82) is 0 Å². The molecule has 4 rings (SSSR count). The molecule has 4 aromatic rings. The van der Waals surface area contributed by atoms with Gasteiger partial charge in [-0.2, -0.15) is 0 Å². The van der Waals surface area contributed by atoms with Crippen LogP contribution in [0.5, 0.6) is 0 Å². The van der Waals surface area contributed by atoms with Crippen molar-refractivity contribution in [2.45, 2.75) is 0 Å². The number of pyridine rings is 2. The van der Waals surface area contributed by atoms with E-state index >= 15 is 0 Å². The van der Waals surface area contributed by atoms with E-state index in [0.29, 0.717) is 0 Å². The number of anilines is 2. The number of nitrogens with one attached hydrogen (secondary N) is 2. The highest BCUT2D eigenvalue weighted by molar-refractivity contribution is 7.60. The van der Waals surface area contributed by atoms with Crippen molar-refractivity contribution in [1.82, 2.24) is 0 Å². The summed E-state index contributed by atoms with van der Waals surface area (Å²) in [5.74, 6) is 0. The molecule has 2 aromatic heterocycles. The predicted molar refractivity (Wildman–Crippen MR) is 138 cm³/mol. The van der Waals surface area contributed by atoms with Crippen LogP contribution in [0.15, 0.2) is 85.5 Å². The van der Waals surface area contributed by atoms with Crippen molar-refractivity contribution >= 4 is 47.9 Å². The lowest BCUT2D eigenvalue weighted by Crippen LogP contribution is -2.19. The Morgan fingerprint density at radius 1 is 0.611 bits per heavy atom. The van der Waals surface area contributed by atoms with Gasteiger partial charge in [-0.05, 0) is 22.9 Å². The maximum atomic E-state index is 11.2. The number of nitrogens with zero attached hydrogens (tertiary/aromatic N) is 2. The van der Waals surface area contributed by atoms with Crippen LogP contribution in [-0.2, 0) is 9.13 Å². The fourth-order valence-corrected chi connectivity index (χ4v) is 4.67.